The maximum absolute atomic E-state index is 12.2. The summed E-state index contributed by atoms with van der Waals surface area (Å²) in [7, 11) is 0. The molecule has 0 N–H and O–H groups in total. The smallest absolute Gasteiger partial charge is 0.306 e. The molecule has 33 heavy (non-hydrogen) atoms. The number of fused-ring (bicyclic) bond motifs is 1. The quantitative estimate of drug-likeness (QED) is 0.378. The summed E-state index contributed by atoms with van der Waals surface area (Å²) in [5, 5.41) is 3.32. The van der Waals surface area contributed by atoms with Gasteiger partial charge in [-0.05, 0) is 72.8 Å². The fraction of sp³-hybridized carbons (Fsp3) is 0.538. The van der Waals surface area contributed by atoms with E-state index in [1.807, 2.05) is 17.5 Å². The van der Waals surface area contributed by atoms with E-state index >= 15 is 0 Å². The molecule has 0 bridgehead atoms. The summed E-state index contributed by atoms with van der Waals surface area (Å²) in [6.45, 7) is 6.00. The molecule has 2 aliphatic rings. The molecule has 0 amide bonds. The van der Waals surface area contributed by atoms with Gasteiger partial charge in [0.1, 0.15) is 12.4 Å². The lowest BCUT2D eigenvalue weighted by molar-refractivity contribution is -0.146. The molecular formula is C26H33N3O2S2. The number of anilines is 1. The Bertz CT molecular complexity index is 1020. The van der Waals surface area contributed by atoms with Crippen molar-refractivity contribution in [3.8, 4) is 0 Å². The Kier molecular flexibility index (Phi) is 7.59. The van der Waals surface area contributed by atoms with Crippen LogP contribution in [0.25, 0.3) is 10.1 Å². The third-order valence-corrected chi connectivity index (χ3v) is 8.93. The van der Waals surface area contributed by atoms with Crippen molar-refractivity contribution in [2.45, 2.75) is 45.1 Å². The van der Waals surface area contributed by atoms with Gasteiger partial charge in [-0.3, -0.25) is 9.69 Å². The Morgan fingerprint density at radius 2 is 1.79 bits per heavy atom. The van der Waals surface area contributed by atoms with Crippen molar-refractivity contribution in [3.63, 3.8) is 0 Å². The van der Waals surface area contributed by atoms with Crippen LogP contribution in [0.2, 0.25) is 0 Å². The van der Waals surface area contributed by atoms with Crippen molar-refractivity contribution in [2.75, 3.05) is 37.6 Å². The van der Waals surface area contributed by atoms with Gasteiger partial charge in [-0.1, -0.05) is 31.0 Å². The highest BCUT2D eigenvalue weighted by molar-refractivity contribution is 7.13. The van der Waals surface area contributed by atoms with Crippen molar-refractivity contribution >= 4 is 44.7 Å². The van der Waals surface area contributed by atoms with Gasteiger partial charge < -0.3 is 9.64 Å². The van der Waals surface area contributed by atoms with Crippen LogP contribution in [0.3, 0.4) is 0 Å². The largest absolute Gasteiger partial charge is 0.460 e. The van der Waals surface area contributed by atoms with Gasteiger partial charge in [0, 0.05) is 42.9 Å². The van der Waals surface area contributed by atoms with Crippen LogP contribution >= 0.6 is 22.9 Å². The third-order valence-electron chi connectivity index (χ3n) is 7.26. The number of esters is 1. The monoisotopic (exact) mass is 483 g/mol. The highest BCUT2D eigenvalue weighted by Crippen LogP contribution is 2.33. The summed E-state index contributed by atoms with van der Waals surface area (Å²) >= 11 is 3.25. The minimum Gasteiger partial charge on any atom is -0.460 e. The number of ether oxygens (including phenoxy) is 1. The van der Waals surface area contributed by atoms with Gasteiger partial charge in [0.05, 0.1) is 4.70 Å². The Balaban J connectivity index is 0.985. The molecule has 7 heteroatoms. The second kappa shape index (κ2) is 11.0. The lowest BCUT2D eigenvalue weighted by atomic mass is 9.79. The first-order valence-corrected chi connectivity index (χ1v) is 13.9. The van der Waals surface area contributed by atoms with E-state index in [1.54, 1.807) is 22.9 Å². The van der Waals surface area contributed by atoms with E-state index in [4.69, 9.17) is 9.11 Å². The standard InChI is InChI=1S/C26H33N3O2S2/c30-25(31-19-22-4-3-17-32-22)18-21-9-7-20(8-10-21)11-12-28-13-15-29(16-14-28)26-23-5-1-2-6-24(23)33-27-26/h1-6,17,20-21H,7-16,18-19H2. The lowest BCUT2D eigenvalue weighted by Crippen LogP contribution is -2.47. The van der Waals surface area contributed by atoms with E-state index in [0.717, 1.165) is 37.0 Å². The molecule has 2 aromatic heterocycles. The zero-order valence-corrected chi connectivity index (χ0v) is 20.8. The first kappa shape index (κ1) is 22.8. The maximum atomic E-state index is 12.2. The van der Waals surface area contributed by atoms with Gasteiger partial charge in [-0.25, -0.2) is 0 Å². The van der Waals surface area contributed by atoms with Crippen LogP contribution in [-0.2, 0) is 16.1 Å². The molecule has 5 rings (SSSR count). The molecule has 1 saturated carbocycles. The summed E-state index contributed by atoms with van der Waals surface area (Å²) in [5.41, 5.74) is 0. The SMILES string of the molecule is O=C(CC1CCC(CCN2CCN(c3nsc4ccccc34)CC2)CC1)OCc1cccs1. The molecule has 3 aromatic rings. The lowest BCUT2D eigenvalue weighted by Gasteiger charge is -2.36. The van der Waals surface area contributed by atoms with Crippen LogP contribution < -0.4 is 4.90 Å². The van der Waals surface area contributed by atoms with Crippen LogP contribution in [0.5, 0.6) is 0 Å². The van der Waals surface area contributed by atoms with Gasteiger partial charge in [-0.15, -0.1) is 11.3 Å². The molecule has 0 atom stereocenters. The topological polar surface area (TPSA) is 45.7 Å². The van der Waals surface area contributed by atoms with Gasteiger partial charge in [0.15, 0.2) is 0 Å². The Morgan fingerprint density at radius 1 is 1.00 bits per heavy atom. The highest BCUT2D eigenvalue weighted by atomic mass is 32.1. The van der Waals surface area contributed by atoms with Crippen molar-refractivity contribution in [1.82, 2.24) is 9.27 Å². The second-order valence-corrected chi connectivity index (χ2v) is 11.3. The van der Waals surface area contributed by atoms with E-state index in [1.165, 1.54) is 54.6 Å². The van der Waals surface area contributed by atoms with E-state index < -0.39 is 0 Å². The van der Waals surface area contributed by atoms with Gasteiger partial charge in [0.25, 0.3) is 0 Å². The van der Waals surface area contributed by atoms with Crippen LogP contribution in [0.1, 0.15) is 43.4 Å². The predicted molar refractivity (Wildman–Crippen MR) is 137 cm³/mol. The molecule has 2 fully saturated rings. The number of nitrogens with zero attached hydrogens (tertiary/aromatic N) is 3. The van der Waals surface area contributed by atoms with Crippen LogP contribution in [0.4, 0.5) is 5.82 Å². The number of benzene rings is 1. The van der Waals surface area contributed by atoms with E-state index in [-0.39, 0.29) is 5.97 Å². The fourth-order valence-corrected chi connectivity index (χ4v) is 6.63. The minimum absolute atomic E-state index is 0.0300. The molecule has 0 spiro atoms. The van der Waals surface area contributed by atoms with Crippen molar-refractivity contribution in [2.24, 2.45) is 11.8 Å². The van der Waals surface area contributed by atoms with Crippen molar-refractivity contribution in [3.05, 3.63) is 46.7 Å². The summed E-state index contributed by atoms with van der Waals surface area (Å²) in [5.74, 6) is 2.46. The third kappa shape index (κ3) is 5.94. The van der Waals surface area contributed by atoms with Gasteiger partial charge in [0.2, 0.25) is 0 Å². The van der Waals surface area contributed by atoms with E-state index in [2.05, 4.69) is 34.1 Å². The first-order chi connectivity index (χ1) is 16.2. The highest BCUT2D eigenvalue weighted by Gasteiger charge is 2.25. The fourth-order valence-electron chi connectivity index (χ4n) is 5.21. The number of hydrogen-bond donors (Lipinski definition) is 0. The van der Waals surface area contributed by atoms with Crippen LogP contribution in [-0.4, -0.2) is 48.0 Å². The molecule has 5 nitrogen and oxygen atoms in total. The average molecular weight is 484 g/mol. The number of hydrogen-bond acceptors (Lipinski definition) is 7. The molecular weight excluding hydrogens is 450 g/mol. The number of thiophene rings is 1. The molecule has 176 valence electrons. The van der Waals surface area contributed by atoms with Crippen LogP contribution in [0.15, 0.2) is 41.8 Å². The number of piperazine rings is 1. The van der Waals surface area contributed by atoms with E-state index in [9.17, 15) is 4.79 Å². The van der Waals surface area contributed by atoms with Crippen molar-refractivity contribution < 1.29 is 9.53 Å². The number of carbonyl (C=O) groups excluding carboxylic acids is 1. The van der Waals surface area contributed by atoms with Gasteiger partial charge in [-0.2, -0.15) is 4.37 Å². The van der Waals surface area contributed by atoms with E-state index in [0.29, 0.717) is 18.9 Å². The summed E-state index contributed by atoms with van der Waals surface area (Å²) in [4.78, 5) is 18.4. The summed E-state index contributed by atoms with van der Waals surface area (Å²) < 4.78 is 11.5. The first-order valence-electron chi connectivity index (χ1n) is 12.2. The van der Waals surface area contributed by atoms with Gasteiger partial charge >= 0.3 is 5.97 Å². The summed E-state index contributed by atoms with van der Waals surface area (Å²) in [6, 6.07) is 12.6. The second-order valence-electron chi connectivity index (χ2n) is 9.45. The summed E-state index contributed by atoms with van der Waals surface area (Å²) in [6.07, 6.45) is 6.73. The molecule has 1 aromatic carbocycles. The molecule has 0 radical (unpaired) electrons. The number of rotatable bonds is 8. The number of carbonyl (C=O) groups is 1. The average Bonchev–Trinajstić information content (AvgIpc) is 3.53. The van der Waals surface area contributed by atoms with Crippen LogP contribution in [0, 0.1) is 11.8 Å². The minimum atomic E-state index is -0.0300. The zero-order valence-electron chi connectivity index (χ0n) is 19.2. The Hall–Kier alpha value is -1.96. The molecule has 1 saturated heterocycles. The molecule has 0 unspecified atom stereocenters. The zero-order chi connectivity index (χ0) is 22.5. The Morgan fingerprint density at radius 3 is 2.58 bits per heavy atom. The molecule has 1 aliphatic heterocycles. The predicted octanol–water partition coefficient (Wildman–Crippen LogP) is 5.81. The normalized spacial score (nSPS) is 22.0. The Labute approximate surface area is 204 Å². The molecule has 3 heterocycles. The van der Waals surface area contributed by atoms with Crippen molar-refractivity contribution in [1.29, 1.82) is 0 Å². The molecule has 1 aliphatic carbocycles. The maximum Gasteiger partial charge on any atom is 0.306 e. The number of aromatic nitrogens is 1.